The van der Waals surface area contributed by atoms with Crippen LogP contribution in [0.25, 0.3) is 11.0 Å². The molecule has 2 aromatic heterocycles. The number of fused-ring (bicyclic) bond motifs is 1. The van der Waals surface area contributed by atoms with E-state index in [9.17, 15) is 14.4 Å². The molecule has 29 heavy (non-hydrogen) atoms. The van der Waals surface area contributed by atoms with E-state index in [-0.39, 0.29) is 35.7 Å². The van der Waals surface area contributed by atoms with Gasteiger partial charge >= 0.3 is 11.7 Å². The van der Waals surface area contributed by atoms with E-state index in [0.29, 0.717) is 10.7 Å². The van der Waals surface area contributed by atoms with E-state index in [1.165, 1.54) is 4.57 Å². The Labute approximate surface area is 171 Å². The van der Waals surface area contributed by atoms with Crippen LogP contribution in [0.1, 0.15) is 47.3 Å². The summed E-state index contributed by atoms with van der Waals surface area (Å²) < 4.78 is 7.60. The summed E-state index contributed by atoms with van der Waals surface area (Å²) in [5, 5.41) is 0.665. The fraction of sp³-hybridized carbons (Fsp3) is 0.333. The second-order valence-corrected chi connectivity index (χ2v) is 7.58. The molecule has 3 aromatic rings. The lowest BCUT2D eigenvalue weighted by atomic mass is 10.1. The maximum atomic E-state index is 13.3. The first-order chi connectivity index (χ1) is 13.9. The Bertz CT molecular complexity index is 1220. The van der Waals surface area contributed by atoms with Gasteiger partial charge in [0.2, 0.25) is 0 Å². The third-order valence-electron chi connectivity index (χ3n) is 5.06. The van der Waals surface area contributed by atoms with Crippen LogP contribution in [0.4, 0.5) is 0 Å². The van der Waals surface area contributed by atoms with Gasteiger partial charge in [-0.1, -0.05) is 23.7 Å². The number of hydrogen-bond donors (Lipinski definition) is 0. The minimum absolute atomic E-state index is 0.0608. The highest BCUT2D eigenvalue weighted by Crippen LogP contribution is 2.39. The van der Waals surface area contributed by atoms with Crippen LogP contribution in [0.3, 0.4) is 0 Å². The molecule has 0 N–H and O–H groups in total. The lowest BCUT2D eigenvalue weighted by Gasteiger charge is -2.14. The van der Waals surface area contributed by atoms with E-state index >= 15 is 0 Å². The minimum atomic E-state index is -0.587. The Morgan fingerprint density at radius 2 is 1.93 bits per heavy atom. The monoisotopic (exact) mass is 413 g/mol. The van der Waals surface area contributed by atoms with Gasteiger partial charge in [-0.15, -0.1) is 0 Å². The van der Waals surface area contributed by atoms with Crippen LogP contribution in [0.2, 0.25) is 5.02 Å². The summed E-state index contributed by atoms with van der Waals surface area (Å²) in [6, 6.07) is 8.52. The molecule has 8 heteroatoms. The molecule has 1 saturated carbocycles. The van der Waals surface area contributed by atoms with Gasteiger partial charge in [0, 0.05) is 23.7 Å². The number of aromatic nitrogens is 3. The molecule has 7 nitrogen and oxygen atoms in total. The average molecular weight is 414 g/mol. The summed E-state index contributed by atoms with van der Waals surface area (Å²) in [6.45, 7) is 1.95. The molecule has 0 radical (unpaired) electrons. The quantitative estimate of drug-likeness (QED) is 0.600. The van der Waals surface area contributed by atoms with Gasteiger partial charge in [-0.2, -0.15) is 0 Å². The zero-order chi connectivity index (χ0) is 20.7. The number of carbonyl (C=O) groups excluding carboxylic acids is 1. The number of ether oxygens (including phenoxy) is 1. The molecule has 1 aromatic carbocycles. The first-order valence-electron chi connectivity index (χ1n) is 9.46. The molecular formula is C21H20ClN3O4. The highest BCUT2D eigenvalue weighted by molar-refractivity contribution is 6.30. The van der Waals surface area contributed by atoms with Crippen LogP contribution >= 0.6 is 11.6 Å². The van der Waals surface area contributed by atoms with Crippen LogP contribution in [0, 0.1) is 0 Å². The third kappa shape index (κ3) is 3.58. The summed E-state index contributed by atoms with van der Waals surface area (Å²) in [6.07, 6.45) is 1.95. The molecule has 1 fully saturated rings. The van der Waals surface area contributed by atoms with Gasteiger partial charge in [-0.25, -0.2) is 14.6 Å². The smallest absolute Gasteiger partial charge is 0.339 e. The molecule has 1 aliphatic carbocycles. The van der Waals surface area contributed by atoms with Crippen molar-refractivity contribution in [2.45, 2.75) is 32.2 Å². The van der Waals surface area contributed by atoms with E-state index in [2.05, 4.69) is 4.98 Å². The van der Waals surface area contributed by atoms with Crippen molar-refractivity contribution < 1.29 is 9.53 Å². The van der Waals surface area contributed by atoms with Crippen molar-refractivity contribution in [3.05, 3.63) is 73.0 Å². The molecule has 2 heterocycles. The average Bonchev–Trinajstić information content (AvgIpc) is 3.55. The molecule has 150 valence electrons. The van der Waals surface area contributed by atoms with E-state index in [0.717, 1.165) is 23.0 Å². The van der Waals surface area contributed by atoms with Crippen molar-refractivity contribution in [3.8, 4) is 0 Å². The van der Waals surface area contributed by atoms with Crippen molar-refractivity contribution in [1.82, 2.24) is 14.1 Å². The fourth-order valence-electron chi connectivity index (χ4n) is 3.37. The molecule has 0 atom stereocenters. The second-order valence-electron chi connectivity index (χ2n) is 7.15. The third-order valence-corrected chi connectivity index (χ3v) is 5.31. The maximum Gasteiger partial charge on any atom is 0.339 e. The number of aryl methyl sites for hydroxylation is 1. The fourth-order valence-corrected chi connectivity index (χ4v) is 3.49. The number of halogens is 1. The summed E-state index contributed by atoms with van der Waals surface area (Å²) >= 11 is 5.92. The van der Waals surface area contributed by atoms with E-state index in [1.54, 1.807) is 44.3 Å². The summed E-state index contributed by atoms with van der Waals surface area (Å²) in [4.78, 5) is 43.4. The number of carbonyl (C=O) groups is 1. The zero-order valence-electron chi connectivity index (χ0n) is 16.1. The van der Waals surface area contributed by atoms with Crippen LogP contribution in [0.5, 0.6) is 0 Å². The van der Waals surface area contributed by atoms with Crippen LogP contribution in [-0.2, 0) is 18.3 Å². The first-order valence-corrected chi connectivity index (χ1v) is 9.84. The Morgan fingerprint density at radius 3 is 2.55 bits per heavy atom. The van der Waals surface area contributed by atoms with Crippen molar-refractivity contribution in [1.29, 1.82) is 0 Å². The largest absolute Gasteiger partial charge is 0.462 e. The van der Waals surface area contributed by atoms with E-state index in [1.807, 2.05) is 0 Å². The maximum absolute atomic E-state index is 13.3. The summed E-state index contributed by atoms with van der Waals surface area (Å²) in [5.74, 6) is -0.338. The molecule has 0 spiro atoms. The minimum Gasteiger partial charge on any atom is -0.462 e. The topological polar surface area (TPSA) is 83.2 Å². The van der Waals surface area contributed by atoms with Crippen LogP contribution in [0.15, 0.2) is 39.9 Å². The van der Waals surface area contributed by atoms with Gasteiger partial charge in [0.15, 0.2) is 0 Å². The SMILES string of the molecule is CCOC(=O)c1cc(C2CC2)nc2c1c(=O)n(Cc1ccc(Cl)cc1)c(=O)n2C. The van der Waals surface area contributed by atoms with Crippen LogP contribution < -0.4 is 11.2 Å². The Morgan fingerprint density at radius 1 is 1.24 bits per heavy atom. The molecule has 0 saturated heterocycles. The second kappa shape index (κ2) is 7.48. The lowest BCUT2D eigenvalue weighted by molar-refractivity contribution is 0.0528. The molecular weight excluding hydrogens is 394 g/mol. The number of nitrogens with zero attached hydrogens (tertiary/aromatic N) is 3. The standard InChI is InChI=1S/C21H20ClN3O4/c1-3-29-20(27)15-10-16(13-6-7-13)23-18-17(15)19(26)25(21(28)24(18)2)11-12-4-8-14(22)9-5-12/h4-5,8-10,13H,3,6-7,11H2,1-2H3. The van der Waals surface area contributed by atoms with Gasteiger partial charge < -0.3 is 4.74 Å². The predicted molar refractivity (Wildman–Crippen MR) is 110 cm³/mol. The van der Waals surface area contributed by atoms with E-state index in [4.69, 9.17) is 16.3 Å². The number of benzene rings is 1. The number of pyridine rings is 1. The van der Waals surface area contributed by atoms with Gasteiger partial charge in [0.25, 0.3) is 5.56 Å². The number of esters is 1. The Balaban J connectivity index is 1.97. The number of rotatable bonds is 5. The normalized spacial score (nSPS) is 13.6. The summed E-state index contributed by atoms with van der Waals surface area (Å²) in [5.41, 5.74) is 0.770. The van der Waals surface area contributed by atoms with Crippen molar-refractivity contribution in [3.63, 3.8) is 0 Å². The van der Waals surface area contributed by atoms with Crippen molar-refractivity contribution >= 4 is 28.6 Å². The molecule has 0 aliphatic heterocycles. The van der Waals surface area contributed by atoms with Crippen molar-refractivity contribution in [2.24, 2.45) is 7.05 Å². The zero-order valence-corrected chi connectivity index (χ0v) is 16.9. The van der Waals surface area contributed by atoms with Crippen LogP contribution in [-0.4, -0.2) is 26.7 Å². The first kappa shape index (κ1) is 19.4. The summed E-state index contributed by atoms with van der Waals surface area (Å²) in [7, 11) is 1.56. The molecule has 1 aliphatic rings. The van der Waals surface area contributed by atoms with Gasteiger partial charge in [-0.3, -0.25) is 13.9 Å². The van der Waals surface area contributed by atoms with Crippen molar-refractivity contribution in [2.75, 3.05) is 6.61 Å². The Kier molecular flexibility index (Phi) is 5.00. The van der Waals surface area contributed by atoms with Gasteiger partial charge in [-0.05, 0) is 43.5 Å². The predicted octanol–water partition coefficient (Wildman–Crippen LogP) is 2.85. The molecule has 0 bridgehead atoms. The highest BCUT2D eigenvalue weighted by Gasteiger charge is 2.29. The lowest BCUT2D eigenvalue weighted by Crippen LogP contribution is -2.40. The number of hydrogen-bond acceptors (Lipinski definition) is 5. The van der Waals surface area contributed by atoms with Gasteiger partial charge in [0.1, 0.15) is 5.65 Å². The highest BCUT2D eigenvalue weighted by atomic mass is 35.5. The Hall–Kier alpha value is -2.93. The van der Waals surface area contributed by atoms with Gasteiger partial charge in [0.05, 0.1) is 24.1 Å². The van der Waals surface area contributed by atoms with E-state index < -0.39 is 17.2 Å². The molecule has 0 unspecified atom stereocenters. The molecule has 0 amide bonds. The molecule has 4 rings (SSSR count).